The van der Waals surface area contributed by atoms with Gasteiger partial charge in [-0.1, -0.05) is 18.2 Å². The molecule has 23 heavy (non-hydrogen) atoms. The number of hydrogen-bond acceptors (Lipinski definition) is 5. The van der Waals surface area contributed by atoms with Gasteiger partial charge in [0.05, 0.1) is 12.7 Å². The first-order chi connectivity index (χ1) is 11.2. The zero-order chi connectivity index (χ0) is 16.2. The van der Waals surface area contributed by atoms with Crippen LogP contribution in [-0.4, -0.2) is 36.3 Å². The summed E-state index contributed by atoms with van der Waals surface area (Å²) in [6.07, 6.45) is 0.947. The van der Waals surface area contributed by atoms with Gasteiger partial charge >= 0.3 is 6.09 Å². The average Bonchev–Trinajstić information content (AvgIpc) is 2.83. The number of fused-ring (bicyclic) bond motifs is 1. The fraction of sp³-hybridized carbons (Fsp3) is 0.375. The second kappa shape index (κ2) is 7.20. The molecule has 0 bridgehead atoms. The Labute approximate surface area is 147 Å². The molecule has 1 aromatic carbocycles. The number of rotatable bonds is 3. The van der Waals surface area contributed by atoms with Crippen molar-refractivity contribution < 1.29 is 18.8 Å². The number of halogens is 1. The monoisotopic (exact) mass is 428 g/mol. The second-order valence-corrected chi connectivity index (χ2v) is 6.39. The van der Waals surface area contributed by atoms with E-state index in [1.807, 2.05) is 24.3 Å². The minimum Gasteiger partial charge on any atom is -0.470 e. The molecule has 2 aromatic rings. The molecule has 0 spiro atoms. The van der Waals surface area contributed by atoms with Crippen LogP contribution in [0.1, 0.15) is 16.9 Å². The molecule has 0 atom stereocenters. The molecule has 1 aliphatic rings. The second-order valence-electron chi connectivity index (χ2n) is 5.23. The Morgan fingerprint density at radius 3 is 2.91 bits per heavy atom. The van der Waals surface area contributed by atoms with Gasteiger partial charge in [-0.25, -0.2) is 4.79 Å². The van der Waals surface area contributed by atoms with Crippen molar-refractivity contribution in [2.75, 3.05) is 20.2 Å². The third kappa shape index (κ3) is 3.60. The highest BCUT2D eigenvalue weighted by molar-refractivity contribution is 14.1. The number of hydrogen-bond donors (Lipinski definition) is 0. The minimum atomic E-state index is -0.315. The summed E-state index contributed by atoms with van der Waals surface area (Å²) in [5.41, 5.74) is 2.05. The maximum Gasteiger partial charge on any atom is 0.409 e. The molecule has 1 amide bonds. The van der Waals surface area contributed by atoms with E-state index in [0.717, 1.165) is 20.5 Å². The molecule has 6 nitrogen and oxygen atoms in total. The number of nitrogens with zero attached hydrogens (tertiary/aromatic N) is 2. The lowest BCUT2D eigenvalue weighted by atomic mass is 10.1. The van der Waals surface area contributed by atoms with Crippen LogP contribution in [0.2, 0.25) is 0 Å². The van der Waals surface area contributed by atoms with E-state index in [1.165, 1.54) is 7.11 Å². The van der Waals surface area contributed by atoms with Crippen LogP contribution in [0.5, 0.6) is 5.88 Å². The zero-order valence-electron chi connectivity index (χ0n) is 12.8. The number of ether oxygens (including phenoxy) is 2. The molecular weight excluding hydrogens is 411 g/mol. The highest BCUT2D eigenvalue weighted by atomic mass is 127. The molecule has 0 radical (unpaired) electrons. The van der Waals surface area contributed by atoms with E-state index in [9.17, 15) is 4.79 Å². The largest absolute Gasteiger partial charge is 0.470 e. The van der Waals surface area contributed by atoms with Crippen LogP contribution in [0, 0.1) is 3.57 Å². The van der Waals surface area contributed by atoms with E-state index in [1.54, 1.807) is 4.90 Å². The molecule has 2 heterocycles. The van der Waals surface area contributed by atoms with Crippen LogP contribution in [-0.2, 0) is 24.2 Å². The standard InChI is InChI=1S/C16H17IN2O4/c1-21-16(20)19-8-6-12-14(7-9-19)23-18-15(12)22-10-11-4-2-3-5-13(11)17/h2-5H,6-10H2,1H3. The van der Waals surface area contributed by atoms with Crippen LogP contribution in [0.3, 0.4) is 0 Å². The first-order valence-corrected chi connectivity index (χ1v) is 8.43. The van der Waals surface area contributed by atoms with Crippen molar-refractivity contribution in [2.24, 2.45) is 0 Å². The normalized spacial score (nSPS) is 14.1. The molecule has 0 aliphatic carbocycles. The van der Waals surface area contributed by atoms with Gasteiger partial charge in [-0.3, -0.25) is 0 Å². The molecule has 122 valence electrons. The summed E-state index contributed by atoms with van der Waals surface area (Å²) in [5, 5.41) is 4.04. The van der Waals surface area contributed by atoms with E-state index >= 15 is 0 Å². The van der Waals surface area contributed by atoms with Gasteiger partial charge in [0, 0.05) is 28.6 Å². The number of carbonyl (C=O) groups excluding carboxylic acids is 1. The van der Waals surface area contributed by atoms with Gasteiger partial charge in [-0.15, -0.1) is 0 Å². The predicted octanol–water partition coefficient (Wildman–Crippen LogP) is 3.03. The van der Waals surface area contributed by atoms with Crippen LogP contribution >= 0.6 is 22.6 Å². The van der Waals surface area contributed by atoms with Crippen LogP contribution < -0.4 is 4.74 Å². The van der Waals surface area contributed by atoms with E-state index in [-0.39, 0.29) is 6.09 Å². The van der Waals surface area contributed by atoms with Gasteiger partial charge < -0.3 is 18.9 Å². The number of carbonyl (C=O) groups is 1. The van der Waals surface area contributed by atoms with Crippen molar-refractivity contribution in [1.82, 2.24) is 10.1 Å². The Bertz CT molecular complexity index is 701. The summed E-state index contributed by atoms with van der Waals surface area (Å²) in [6.45, 7) is 1.57. The Balaban J connectivity index is 1.69. The summed E-state index contributed by atoms with van der Waals surface area (Å²) in [4.78, 5) is 13.3. The van der Waals surface area contributed by atoms with E-state index in [4.69, 9.17) is 14.0 Å². The quantitative estimate of drug-likeness (QED) is 0.704. The molecule has 1 aromatic heterocycles. The van der Waals surface area contributed by atoms with Crippen molar-refractivity contribution in [3.05, 3.63) is 44.7 Å². The van der Waals surface area contributed by atoms with Gasteiger partial charge in [-0.05, 0) is 40.2 Å². The highest BCUT2D eigenvalue weighted by Crippen LogP contribution is 2.26. The van der Waals surface area contributed by atoms with Crippen molar-refractivity contribution >= 4 is 28.7 Å². The van der Waals surface area contributed by atoms with Crippen LogP contribution in [0.15, 0.2) is 28.8 Å². The molecule has 0 N–H and O–H groups in total. The third-order valence-corrected chi connectivity index (χ3v) is 4.88. The molecule has 0 saturated carbocycles. The van der Waals surface area contributed by atoms with Gasteiger partial charge in [0.2, 0.25) is 0 Å². The molecule has 1 aliphatic heterocycles. The number of methoxy groups -OCH3 is 1. The lowest BCUT2D eigenvalue weighted by Gasteiger charge is -2.17. The fourth-order valence-electron chi connectivity index (χ4n) is 2.55. The summed E-state index contributed by atoms with van der Waals surface area (Å²) in [5.74, 6) is 1.31. The fourth-order valence-corrected chi connectivity index (χ4v) is 3.09. The molecule has 3 rings (SSSR count). The Hall–Kier alpha value is -1.77. The molecule has 0 fully saturated rings. The van der Waals surface area contributed by atoms with Crippen molar-refractivity contribution in [1.29, 1.82) is 0 Å². The minimum absolute atomic E-state index is 0.315. The van der Waals surface area contributed by atoms with Gasteiger partial charge in [0.1, 0.15) is 12.4 Å². The third-order valence-electron chi connectivity index (χ3n) is 3.83. The topological polar surface area (TPSA) is 64.8 Å². The van der Waals surface area contributed by atoms with Crippen molar-refractivity contribution in [2.45, 2.75) is 19.4 Å². The average molecular weight is 428 g/mol. The number of aromatic nitrogens is 1. The zero-order valence-corrected chi connectivity index (χ0v) is 14.9. The predicted molar refractivity (Wildman–Crippen MR) is 91.4 cm³/mol. The Kier molecular flexibility index (Phi) is 5.04. The molecule has 0 unspecified atom stereocenters. The number of benzene rings is 1. The summed E-state index contributed by atoms with van der Waals surface area (Å²) >= 11 is 2.28. The molecule has 0 saturated heterocycles. The summed E-state index contributed by atoms with van der Waals surface area (Å²) in [6, 6.07) is 8.05. The van der Waals surface area contributed by atoms with E-state index < -0.39 is 0 Å². The summed E-state index contributed by atoms with van der Waals surface area (Å²) in [7, 11) is 1.39. The highest BCUT2D eigenvalue weighted by Gasteiger charge is 2.25. The molecular formula is C16H17IN2O4. The molecule has 7 heteroatoms. The van der Waals surface area contributed by atoms with Crippen LogP contribution in [0.25, 0.3) is 0 Å². The first kappa shape index (κ1) is 16.1. The smallest absolute Gasteiger partial charge is 0.409 e. The SMILES string of the molecule is COC(=O)N1CCc2onc(OCc3ccccc3I)c2CC1. The van der Waals surface area contributed by atoms with Crippen LogP contribution in [0.4, 0.5) is 4.79 Å². The van der Waals surface area contributed by atoms with Gasteiger partial charge in [0.15, 0.2) is 0 Å². The summed E-state index contributed by atoms with van der Waals surface area (Å²) < 4.78 is 17.2. The lowest BCUT2D eigenvalue weighted by Crippen LogP contribution is -2.33. The number of amides is 1. The Morgan fingerprint density at radius 1 is 1.35 bits per heavy atom. The maximum absolute atomic E-state index is 11.7. The van der Waals surface area contributed by atoms with Crippen molar-refractivity contribution in [3.63, 3.8) is 0 Å². The lowest BCUT2D eigenvalue weighted by molar-refractivity contribution is 0.124. The van der Waals surface area contributed by atoms with Gasteiger partial charge in [-0.2, -0.15) is 0 Å². The Morgan fingerprint density at radius 2 is 2.13 bits per heavy atom. The van der Waals surface area contributed by atoms with E-state index in [0.29, 0.717) is 38.4 Å². The first-order valence-electron chi connectivity index (χ1n) is 7.35. The van der Waals surface area contributed by atoms with E-state index in [2.05, 4.69) is 27.7 Å². The van der Waals surface area contributed by atoms with Gasteiger partial charge in [0.25, 0.3) is 5.88 Å². The maximum atomic E-state index is 11.7. The van der Waals surface area contributed by atoms with Crippen molar-refractivity contribution in [3.8, 4) is 5.88 Å².